The van der Waals surface area contributed by atoms with Gasteiger partial charge in [0, 0.05) is 32.2 Å². The second-order valence-corrected chi connectivity index (χ2v) is 6.28. The molecule has 0 aromatic heterocycles. The summed E-state index contributed by atoms with van der Waals surface area (Å²) in [6, 6.07) is 3.14. The van der Waals surface area contributed by atoms with E-state index in [-0.39, 0.29) is 10.7 Å². The second kappa shape index (κ2) is 6.20. The molecule has 0 unspecified atom stereocenters. The Kier molecular flexibility index (Phi) is 4.42. The van der Waals surface area contributed by atoms with Gasteiger partial charge in [0.1, 0.15) is 0 Å². The van der Waals surface area contributed by atoms with Gasteiger partial charge in [0.15, 0.2) is 0 Å². The minimum atomic E-state index is -4.47. The molecule has 0 bridgehead atoms. The number of hydrogen-bond acceptors (Lipinski definition) is 2. The molecule has 3 rings (SSSR count). The number of rotatable bonds is 2. The fourth-order valence-corrected chi connectivity index (χ4v) is 2.89. The highest BCUT2D eigenvalue weighted by molar-refractivity contribution is 6.33. The van der Waals surface area contributed by atoms with Crippen LogP contribution in [0.2, 0.25) is 5.02 Å². The summed E-state index contributed by atoms with van der Waals surface area (Å²) in [5, 5.41) is 2.57. The molecule has 2 amide bonds. The van der Waals surface area contributed by atoms with Crippen molar-refractivity contribution in [3.8, 4) is 0 Å². The number of amides is 2. The minimum Gasteiger partial charge on any atom is -0.322 e. The second-order valence-electron chi connectivity index (χ2n) is 5.88. The van der Waals surface area contributed by atoms with E-state index < -0.39 is 17.8 Å². The van der Waals surface area contributed by atoms with Crippen molar-refractivity contribution in [2.75, 3.05) is 31.5 Å². The van der Waals surface area contributed by atoms with Crippen molar-refractivity contribution in [1.29, 1.82) is 0 Å². The number of carbonyl (C=O) groups is 1. The van der Waals surface area contributed by atoms with Crippen LogP contribution < -0.4 is 5.32 Å². The number of halogens is 4. The summed E-state index contributed by atoms with van der Waals surface area (Å²) in [5.41, 5.74) is -0.855. The molecule has 4 nitrogen and oxygen atoms in total. The molecule has 8 heteroatoms. The lowest BCUT2D eigenvalue weighted by atomic mass is 10.2. The SMILES string of the molecule is O=C(Nc1cc(C(F)(F)F)ccc1Cl)N1CCN(C2CC2)CC1. The van der Waals surface area contributed by atoms with Crippen molar-refractivity contribution in [1.82, 2.24) is 9.80 Å². The third-order valence-corrected chi connectivity index (χ3v) is 4.53. The topological polar surface area (TPSA) is 35.6 Å². The molecule has 2 fully saturated rings. The number of piperazine rings is 1. The van der Waals surface area contributed by atoms with Crippen molar-refractivity contribution < 1.29 is 18.0 Å². The average molecular weight is 348 g/mol. The van der Waals surface area contributed by atoms with Crippen LogP contribution in [0.3, 0.4) is 0 Å². The maximum atomic E-state index is 12.7. The van der Waals surface area contributed by atoms with Crippen LogP contribution in [0, 0.1) is 0 Å². The standard InChI is InChI=1S/C15H17ClF3N3O/c16-12-4-1-10(15(17,18)19)9-13(12)20-14(23)22-7-5-21(6-8-22)11-2-3-11/h1,4,9,11H,2-3,5-8H2,(H,20,23). The van der Waals surface area contributed by atoms with Crippen LogP contribution in [0.25, 0.3) is 0 Å². The number of nitrogens with one attached hydrogen (secondary N) is 1. The van der Waals surface area contributed by atoms with Gasteiger partial charge in [-0.3, -0.25) is 4.90 Å². The quantitative estimate of drug-likeness (QED) is 0.886. The summed E-state index contributed by atoms with van der Waals surface area (Å²) in [5.74, 6) is 0. The van der Waals surface area contributed by atoms with Crippen LogP contribution in [0.4, 0.5) is 23.7 Å². The molecule has 2 aliphatic rings. The third-order valence-electron chi connectivity index (χ3n) is 4.20. The molecule has 126 valence electrons. The number of benzene rings is 1. The van der Waals surface area contributed by atoms with E-state index >= 15 is 0 Å². The first kappa shape index (κ1) is 16.4. The van der Waals surface area contributed by atoms with Crippen LogP contribution in [-0.4, -0.2) is 48.1 Å². The zero-order chi connectivity index (χ0) is 16.6. The van der Waals surface area contributed by atoms with Gasteiger partial charge in [-0.25, -0.2) is 4.79 Å². The summed E-state index contributed by atoms with van der Waals surface area (Å²) >= 11 is 5.89. The monoisotopic (exact) mass is 347 g/mol. The summed E-state index contributed by atoms with van der Waals surface area (Å²) in [6.45, 7) is 2.74. The molecule has 1 aliphatic carbocycles. The highest BCUT2D eigenvalue weighted by atomic mass is 35.5. The maximum Gasteiger partial charge on any atom is 0.416 e. The summed E-state index contributed by atoms with van der Waals surface area (Å²) in [6.07, 6.45) is -2.04. The van der Waals surface area contributed by atoms with Crippen LogP contribution >= 0.6 is 11.6 Å². The molecule has 1 aromatic carbocycles. The molecule has 1 aromatic rings. The maximum absolute atomic E-state index is 12.7. The third kappa shape index (κ3) is 3.90. The average Bonchev–Trinajstić information content (AvgIpc) is 3.33. The lowest BCUT2D eigenvalue weighted by molar-refractivity contribution is -0.137. The van der Waals surface area contributed by atoms with Crippen LogP contribution in [0.1, 0.15) is 18.4 Å². The molecular formula is C15H17ClF3N3O. The smallest absolute Gasteiger partial charge is 0.322 e. The lowest BCUT2D eigenvalue weighted by Gasteiger charge is -2.34. The van der Waals surface area contributed by atoms with E-state index in [9.17, 15) is 18.0 Å². The minimum absolute atomic E-state index is 0.0175. The number of urea groups is 1. The first-order valence-corrected chi connectivity index (χ1v) is 7.89. The van der Waals surface area contributed by atoms with E-state index in [4.69, 9.17) is 11.6 Å². The van der Waals surface area contributed by atoms with Gasteiger partial charge < -0.3 is 10.2 Å². The van der Waals surface area contributed by atoms with Crippen molar-refractivity contribution in [2.24, 2.45) is 0 Å². The lowest BCUT2D eigenvalue weighted by Crippen LogP contribution is -2.50. The number of nitrogens with zero attached hydrogens (tertiary/aromatic N) is 2. The molecule has 1 saturated heterocycles. The van der Waals surface area contributed by atoms with Gasteiger partial charge in [-0.1, -0.05) is 11.6 Å². The normalized spacial score (nSPS) is 19.7. The Balaban J connectivity index is 1.63. The Labute approximate surface area is 137 Å². The summed E-state index contributed by atoms with van der Waals surface area (Å²) in [4.78, 5) is 16.2. The number of anilines is 1. The number of carbonyl (C=O) groups excluding carboxylic acids is 1. The zero-order valence-corrected chi connectivity index (χ0v) is 13.1. The van der Waals surface area contributed by atoms with Gasteiger partial charge in [0.2, 0.25) is 0 Å². The van der Waals surface area contributed by atoms with Gasteiger partial charge in [-0.15, -0.1) is 0 Å². The fraction of sp³-hybridized carbons (Fsp3) is 0.533. The Bertz CT molecular complexity index is 596. The molecule has 0 atom stereocenters. The predicted molar refractivity (Wildman–Crippen MR) is 81.6 cm³/mol. The van der Waals surface area contributed by atoms with Gasteiger partial charge in [0.25, 0.3) is 0 Å². The summed E-state index contributed by atoms with van der Waals surface area (Å²) < 4.78 is 38.2. The molecular weight excluding hydrogens is 331 g/mol. The van der Waals surface area contributed by atoms with E-state index in [2.05, 4.69) is 10.2 Å². The molecule has 0 radical (unpaired) electrons. The molecule has 1 N–H and O–H groups in total. The fourth-order valence-electron chi connectivity index (χ4n) is 2.72. The van der Waals surface area contributed by atoms with Crippen molar-refractivity contribution in [3.05, 3.63) is 28.8 Å². The molecule has 23 heavy (non-hydrogen) atoms. The van der Waals surface area contributed by atoms with E-state index in [0.29, 0.717) is 19.1 Å². The van der Waals surface area contributed by atoms with Gasteiger partial charge in [-0.2, -0.15) is 13.2 Å². The Morgan fingerprint density at radius 3 is 2.39 bits per heavy atom. The van der Waals surface area contributed by atoms with Crippen LogP contribution in [-0.2, 0) is 6.18 Å². The number of alkyl halides is 3. The first-order chi connectivity index (χ1) is 10.8. The van der Waals surface area contributed by atoms with E-state index in [1.54, 1.807) is 4.90 Å². The van der Waals surface area contributed by atoms with Gasteiger partial charge in [-0.05, 0) is 31.0 Å². The highest BCUT2D eigenvalue weighted by Crippen LogP contribution is 2.34. The van der Waals surface area contributed by atoms with E-state index in [1.807, 2.05) is 0 Å². The largest absolute Gasteiger partial charge is 0.416 e. The van der Waals surface area contributed by atoms with Crippen molar-refractivity contribution in [3.63, 3.8) is 0 Å². The molecule has 0 spiro atoms. The van der Waals surface area contributed by atoms with E-state index in [0.717, 1.165) is 31.3 Å². The molecule has 1 aliphatic heterocycles. The van der Waals surface area contributed by atoms with Crippen LogP contribution in [0.5, 0.6) is 0 Å². The van der Waals surface area contributed by atoms with Crippen molar-refractivity contribution >= 4 is 23.3 Å². The van der Waals surface area contributed by atoms with Crippen LogP contribution in [0.15, 0.2) is 18.2 Å². The van der Waals surface area contributed by atoms with Gasteiger partial charge in [0.05, 0.1) is 16.3 Å². The van der Waals surface area contributed by atoms with E-state index in [1.165, 1.54) is 12.8 Å². The first-order valence-electron chi connectivity index (χ1n) is 7.51. The summed E-state index contributed by atoms with van der Waals surface area (Å²) in [7, 11) is 0. The van der Waals surface area contributed by atoms with Gasteiger partial charge >= 0.3 is 12.2 Å². The zero-order valence-electron chi connectivity index (χ0n) is 12.4. The Hall–Kier alpha value is -1.47. The highest BCUT2D eigenvalue weighted by Gasteiger charge is 2.33. The predicted octanol–water partition coefficient (Wildman–Crippen LogP) is 3.67. The molecule has 1 saturated carbocycles. The van der Waals surface area contributed by atoms with Crippen molar-refractivity contribution in [2.45, 2.75) is 25.1 Å². The molecule has 1 heterocycles. The Morgan fingerprint density at radius 2 is 1.83 bits per heavy atom. The number of hydrogen-bond donors (Lipinski definition) is 1. The Morgan fingerprint density at radius 1 is 1.17 bits per heavy atom.